The van der Waals surface area contributed by atoms with E-state index in [2.05, 4.69) is 19.2 Å². The standard InChI is InChI=1S/C12H25NO/c1-3-5-8-12(4-2,10-14)13-9-11-6-7-11/h11,13-14H,3-10H2,1-2H3. The maximum atomic E-state index is 9.47. The predicted octanol–water partition coefficient (Wildman–Crippen LogP) is 2.32. The lowest BCUT2D eigenvalue weighted by atomic mass is 9.90. The van der Waals surface area contributed by atoms with Crippen molar-refractivity contribution < 1.29 is 5.11 Å². The van der Waals surface area contributed by atoms with Gasteiger partial charge in [-0.05, 0) is 38.1 Å². The fraction of sp³-hybridized carbons (Fsp3) is 1.00. The van der Waals surface area contributed by atoms with Crippen LogP contribution in [-0.4, -0.2) is 23.8 Å². The molecule has 1 aliphatic carbocycles. The third-order valence-electron chi connectivity index (χ3n) is 3.45. The van der Waals surface area contributed by atoms with Crippen LogP contribution in [0, 0.1) is 5.92 Å². The molecular weight excluding hydrogens is 174 g/mol. The molecule has 0 saturated heterocycles. The van der Waals surface area contributed by atoms with Gasteiger partial charge in [0.15, 0.2) is 0 Å². The van der Waals surface area contributed by atoms with Gasteiger partial charge in [-0.25, -0.2) is 0 Å². The Balaban J connectivity index is 2.31. The van der Waals surface area contributed by atoms with E-state index in [0.29, 0.717) is 0 Å². The van der Waals surface area contributed by atoms with Crippen LogP contribution in [-0.2, 0) is 0 Å². The van der Waals surface area contributed by atoms with Crippen molar-refractivity contribution in [2.24, 2.45) is 5.92 Å². The Morgan fingerprint density at radius 3 is 2.50 bits per heavy atom. The normalized spacial score (nSPS) is 20.8. The highest BCUT2D eigenvalue weighted by Crippen LogP contribution is 2.29. The molecule has 1 fully saturated rings. The van der Waals surface area contributed by atoms with Crippen molar-refractivity contribution in [2.45, 2.75) is 57.9 Å². The smallest absolute Gasteiger partial charge is 0.0613 e. The van der Waals surface area contributed by atoms with Crippen LogP contribution >= 0.6 is 0 Å². The molecule has 0 heterocycles. The van der Waals surface area contributed by atoms with Crippen molar-refractivity contribution in [1.82, 2.24) is 5.32 Å². The van der Waals surface area contributed by atoms with E-state index in [1.54, 1.807) is 0 Å². The molecule has 14 heavy (non-hydrogen) atoms. The number of aliphatic hydroxyl groups excluding tert-OH is 1. The van der Waals surface area contributed by atoms with Crippen molar-refractivity contribution in [1.29, 1.82) is 0 Å². The fourth-order valence-corrected chi connectivity index (χ4v) is 1.83. The van der Waals surface area contributed by atoms with Gasteiger partial charge in [0.1, 0.15) is 0 Å². The van der Waals surface area contributed by atoms with E-state index >= 15 is 0 Å². The number of hydrogen-bond donors (Lipinski definition) is 2. The van der Waals surface area contributed by atoms with Gasteiger partial charge in [0.25, 0.3) is 0 Å². The summed E-state index contributed by atoms with van der Waals surface area (Å²) in [6, 6.07) is 0. The highest BCUT2D eigenvalue weighted by Gasteiger charge is 2.29. The van der Waals surface area contributed by atoms with Crippen LogP contribution in [0.4, 0.5) is 0 Å². The van der Waals surface area contributed by atoms with Crippen molar-refractivity contribution >= 4 is 0 Å². The van der Waals surface area contributed by atoms with Gasteiger partial charge in [0.2, 0.25) is 0 Å². The van der Waals surface area contributed by atoms with E-state index in [1.807, 2.05) is 0 Å². The zero-order chi connectivity index (χ0) is 10.4. The van der Waals surface area contributed by atoms with Crippen molar-refractivity contribution in [3.05, 3.63) is 0 Å². The van der Waals surface area contributed by atoms with Gasteiger partial charge in [0, 0.05) is 5.54 Å². The second-order valence-electron chi connectivity index (χ2n) is 4.72. The van der Waals surface area contributed by atoms with Gasteiger partial charge in [0.05, 0.1) is 6.61 Å². The summed E-state index contributed by atoms with van der Waals surface area (Å²) >= 11 is 0. The number of rotatable bonds is 8. The highest BCUT2D eigenvalue weighted by atomic mass is 16.3. The van der Waals surface area contributed by atoms with Crippen LogP contribution < -0.4 is 5.32 Å². The average molecular weight is 199 g/mol. The first-order valence-electron chi connectivity index (χ1n) is 6.12. The first-order chi connectivity index (χ1) is 6.76. The molecule has 2 heteroatoms. The quantitative estimate of drug-likeness (QED) is 0.629. The Labute approximate surface area is 88.1 Å². The number of nitrogens with one attached hydrogen (secondary N) is 1. The summed E-state index contributed by atoms with van der Waals surface area (Å²) in [6.45, 7) is 5.78. The Morgan fingerprint density at radius 2 is 2.07 bits per heavy atom. The minimum absolute atomic E-state index is 0.0125. The summed E-state index contributed by atoms with van der Waals surface area (Å²) in [5.74, 6) is 0.897. The lowest BCUT2D eigenvalue weighted by Crippen LogP contribution is -2.48. The molecule has 1 unspecified atom stereocenters. The second-order valence-corrected chi connectivity index (χ2v) is 4.72. The Morgan fingerprint density at radius 1 is 1.36 bits per heavy atom. The maximum Gasteiger partial charge on any atom is 0.0613 e. The van der Waals surface area contributed by atoms with Crippen molar-refractivity contribution in [3.63, 3.8) is 0 Å². The lowest BCUT2D eigenvalue weighted by molar-refractivity contribution is 0.142. The second kappa shape index (κ2) is 5.72. The largest absolute Gasteiger partial charge is 0.394 e. The van der Waals surface area contributed by atoms with E-state index in [9.17, 15) is 5.11 Å². The summed E-state index contributed by atoms with van der Waals surface area (Å²) in [7, 11) is 0. The molecule has 0 aliphatic heterocycles. The Hall–Kier alpha value is -0.0800. The molecular formula is C12H25NO. The fourth-order valence-electron chi connectivity index (χ4n) is 1.83. The summed E-state index contributed by atoms with van der Waals surface area (Å²) in [5, 5.41) is 13.1. The molecule has 0 aromatic carbocycles. The SMILES string of the molecule is CCCCC(CC)(CO)NCC1CC1. The molecule has 1 rings (SSSR count). The highest BCUT2D eigenvalue weighted by molar-refractivity contribution is 4.88. The number of aliphatic hydroxyl groups is 1. The van der Waals surface area contributed by atoms with Crippen LogP contribution in [0.5, 0.6) is 0 Å². The Kier molecular flexibility index (Phi) is 4.90. The third-order valence-corrected chi connectivity index (χ3v) is 3.45. The first-order valence-corrected chi connectivity index (χ1v) is 6.12. The topological polar surface area (TPSA) is 32.3 Å². The number of unbranched alkanes of at least 4 members (excludes halogenated alkanes) is 1. The van der Waals surface area contributed by atoms with Gasteiger partial charge < -0.3 is 10.4 Å². The molecule has 2 N–H and O–H groups in total. The minimum atomic E-state index is 0.0125. The van der Waals surface area contributed by atoms with Gasteiger partial charge in [-0.3, -0.25) is 0 Å². The van der Waals surface area contributed by atoms with E-state index in [0.717, 1.165) is 25.3 Å². The molecule has 2 nitrogen and oxygen atoms in total. The first kappa shape index (κ1) is 12.0. The van der Waals surface area contributed by atoms with E-state index < -0.39 is 0 Å². The van der Waals surface area contributed by atoms with Crippen LogP contribution in [0.2, 0.25) is 0 Å². The summed E-state index contributed by atoms with van der Waals surface area (Å²) in [4.78, 5) is 0. The van der Waals surface area contributed by atoms with Crippen LogP contribution in [0.3, 0.4) is 0 Å². The van der Waals surface area contributed by atoms with Crippen LogP contribution in [0.25, 0.3) is 0 Å². The molecule has 0 radical (unpaired) electrons. The zero-order valence-corrected chi connectivity index (χ0v) is 9.68. The zero-order valence-electron chi connectivity index (χ0n) is 9.68. The molecule has 0 amide bonds. The molecule has 1 aliphatic rings. The van der Waals surface area contributed by atoms with Gasteiger partial charge in [-0.2, -0.15) is 0 Å². The monoisotopic (exact) mass is 199 g/mol. The molecule has 1 atom stereocenters. The maximum absolute atomic E-state index is 9.47. The van der Waals surface area contributed by atoms with Crippen molar-refractivity contribution in [2.75, 3.05) is 13.2 Å². The van der Waals surface area contributed by atoms with Crippen LogP contribution in [0.1, 0.15) is 52.4 Å². The third kappa shape index (κ3) is 3.58. The summed E-state index contributed by atoms with van der Waals surface area (Å²) < 4.78 is 0. The molecule has 0 spiro atoms. The molecule has 1 saturated carbocycles. The van der Waals surface area contributed by atoms with Crippen molar-refractivity contribution in [3.8, 4) is 0 Å². The van der Waals surface area contributed by atoms with Gasteiger partial charge in [-0.1, -0.05) is 26.7 Å². The molecule has 84 valence electrons. The van der Waals surface area contributed by atoms with Gasteiger partial charge in [-0.15, -0.1) is 0 Å². The predicted molar refractivity (Wildman–Crippen MR) is 60.4 cm³/mol. The van der Waals surface area contributed by atoms with Gasteiger partial charge >= 0.3 is 0 Å². The average Bonchev–Trinajstić information content (AvgIpc) is 3.03. The molecule has 0 aromatic rings. The molecule has 0 aromatic heterocycles. The van der Waals surface area contributed by atoms with E-state index in [1.165, 1.54) is 25.7 Å². The lowest BCUT2D eigenvalue weighted by Gasteiger charge is -2.32. The minimum Gasteiger partial charge on any atom is -0.394 e. The molecule has 0 bridgehead atoms. The summed E-state index contributed by atoms with van der Waals surface area (Å²) in [5.41, 5.74) is 0.0125. The Bertz CT molecular complexity index is 150. The summed E-state index contributed by atoms with van der Waals surface area (Å²) in [6.07, 6.45) is 7.34. The van der Waals surface area contributed by atoms with E-state index in [-0.39, 0.29) is 12.1 Å². The van der Waals surface area contributed by atoms with Crippen LogP contribution in [0.15, 0.2) is 0 Å². The number of hydrogen-bond acceptors (Lipinski definition) is 2. The van der Waals surface area contributed by atoms with E-state index in [4.69, 9.17) is 0 Å².